The molecule has 3 rings (SSSR count). The minimum absolute atomic E-state index is 0.0721. The van der Waals surface area contributed by atoms with Crippen molar-refractivity contribution in [3.8, 4) is 0 Å². The number of nitrogens with one attached hydrogen (secondary N) is 2. The molecule has 6 heteroatoms. The largest absolute Gasteiger partial charge is 0.480 e. The Kier molecular flexibility index (Phi) is 5.06. The van der Waals surface area contributed by atoms with Crippen LogP contribution in [-0.2, 0) is 20.8 Å². The maximum absolute atomic E-state index is 12.3. The van der Waals surface area contributed by atoms with Gasteiger partial charge >= 0.3 is 5.97 Å². The number of para-hydroxylation sites is 1. The highest BCUT2D eigenvalue weighted by atomic mass is 16.4. The number of benzene rings is 1. The van der Waals surface area contributed by atoms with Crippen molar-refractivity contribution in [2.45, 2.75) is 56.9 Å². The molecule has 1 aliphatic heterocycles. The van der Waals surface area contributed by atoms with E-state index >= 15 is 0 Å². The molecule has 1 heterocycles. The van der Waals surface area contributed by atoms with Crippen LogP contribution in [0.2, 0.25) is 0 Å². The van der Waals surface area contributed by atoms with Gasteiger partial charge in [-0.3, -0.25) is 9.59 Å². The van der Waals surface area contributed by atoms with Crippen LogP contribution in [0.4, 0.5) is 5.69 Å². The lowest BCUT2D eigenvalue weighted by Crippen LogP contribution is -2.55. The van der Waals surface area contributed by atoms with Gasteiger partial charge in [0.25, 0.3) is 0 Å². The van der Waals surface area contributed by atoms with Crippen molar-refractivity contribution in [1.29, 1.82) is 0 Å². The van der Waals surface area contributed by atoms with E-state index in [0.29, 0.717) is 25.7 Å². The topological polar surface area (TPSA) is 95.5 Å². The molecular weight excluding hydrogens is 320 g/mol. The molecule has 2 aliphatic rings. The summed E-state index contributed by atoms with van der Waals surface area (Å²) in [6.45, 7) is 0. The SMILES string of the molecule is O=C(CCC1Cc2ccccc2NC1=O)NC1(C(=O)O)CCCCC1. The lowest BCUT2D eigenvalue weighted by Gasteiger charge is -2.34. The van der Waals surface area contributed by atoms with Crippen molar-refractivity contribution >= 4 is 23.5 Å². The normalized spacial score (nSPS) is 21.8. The zero-order chi connectivity index (χ0) is 17.9. The summed E-state index contributed by atoms with van der Waals surface area (Å²) < 4.78 is 0. The Labute approximate surface area is 147 Å². The maximum atomic E-state index is 12.3. The minimum atomic E-state index is -1.13. The third-order valence-electron chi connectivity index (χ3n) is 5.33. The summed E-state index contributed by atoms with van der Waals surface area (Å²) in [6.07, 6.45) is 4.78. The molecule has 134 valence electrons. The van der Waals surface area contributed by atoms with Gasteiger partial charge in [-0.25, -0.2) is 4.79 Å². The van der Waals surface area contributed by atoms with E-state index in [2.05, 4.69) is 10.6 Å². The molecule has 1 unspecified atom stereocenters. The number of carbonyl (C=O) groups excluding carboxylic acids is 2. The molecule has 3 N–H and O–H groups in total. The second kappa shape index (κ2) is 7.25. The van der Waals surface area contributed by atoms with Crippen LogP contribution >= 0.6 is 0 Å². The summed E-state index contributed by atoms with van der Waals surface area (Å²) in [6, 6.07) is 7.65. The van der Waals surface area contributed by atoms with Crippen molar-refractivity contribution in [1.82, 2.24) is 5.32 Å². The Bertz CT molecular complexity index is 680. The van der Waals surface area contributed by atoms with E-state index in [1.54, 1.807) is 0 Å². The molecule has 6 nitrogen and oxygen atoms in total. The van der Waals surface area contributed by atoms with Crippen molar-refractivity contribution in [3.05, 3.63) is 29.8 Å². The van der Waals surface area contributed by atoms with E-state index in [1.165, 1.54) is 0 Å². The monoisotopic (exact) mass is 344 g/mol. The van der Waals surface area contributed by atoms with Crippen molar-refractivity contribution in [2.75, 3.05) is 5.32 Å². The quantitative estimate of drug-likeness (QED) is 0.765. The number of carbonyl (C=O) groups is 3. The fourth-order valence-electron chi connectivity index (χ4n) is 3.83. The number of carboxylic acid groups (broad SMARTS) is 1. The molecule has 1 fully saturated rings. The van der Waals surface area contributed by atoms with Crippen molar-refractivity contribution in [3.63, 3.8) is 0 Å². The number of carboxylic acids is 1. The van der Waals surface area contributed by atoms with Crippen LogP contribution in [-0.4, -0.2) is 28.4 Å². The first-order valence-electron chi connectivity index (χ1n) is 8.93. The van der Waals surface area contributed by atoms with E-state index in [4.69, 9.17) is 0 Å². The maximum Gasteiger partial charge on any atom is 0.329 e. The summed E-state index contributed by atoms with van der Waals surface area (Å²) in [5.41, 5.74) is 0.776. The van der Waals surface area contributed by atoms with E-state index < -0.39 is 11.5 Å². The van der Waals surface area contributed by atoms with Crippen LogP contribution in [0.5, 0.6) is 0 Å². The minimum Gasteiger partial charge on any atom is -0.480 e. The average molecular weight is 344 g/mol. The molecule has 2 amide bonds. The Balaban J connectivity index is 1.57. The first-order chi connectivity index (χ1) is 12.0. The molecule has 0 spiro atoms. The fourth-order valence-corrected chi connectivity index (χ4v) is 3.83. The standard InChI is InChI=1S/C19H24N2O4/c22-16(21-19(18(24)25)10-4-1-5-11-19)9-8-14-12-13-6-2-3-7-15(13)20-17(14)23/h2-3,6-7,14H,1,4-5,8-12H2,(H,20,23)(H,21,22)(H,24,25). The predicted octanol–water partition coefficient (Wildman–Crippen LogP) is 2.48. The molecule has 1 atom stereocenters. The summed E-state index contributed by atoms with van der Waals surface area (Å²) in [4.78, 5) is 36.1. The Hall–Kier alpha value is -2.37. The molecule has 0 saturated heterocycles. The molecule has 0 bridgehead atoms. The van der Waals surface area contributed by atoms with E-state index in [1.807, 2.05) is 24.3 Å². The van der Waals surface area contributed by atoms with Crippen LogP contribution in [0.3, 0.4) is 0 Å². The van der Waals surface area contributed by atoms with Crippen LogP contribution in [0.1, 0.15) is 50.5 Å². The van der Waals surface area contributed by atoms with E-state index in [9.17, 15) is 19.5 Å². The highest BCUT2D eigenvalue weighted by Crippen LogP contribution is 2.30. The molecular formula is C19H24N2O4. The van der Waals surface area contributed by atoms with E-state index in [-0.39, 0.29) is 24.2 Å². The Morgan fingerprint density at radius 2 is 1.92 bits per heavy atom. The van der Waals surface area contributed by atoms with Crippen LogP contribution in [0.25, 0.3) is 0 Å². The Morgan fingerprint density at radius 1 is 1.20 bits per heavy atom. The molecule has 1 saturated carbocycles. The van der Waals surface area contributed by atoms with Gasteiger partial charge in [0, 0.05) is 18.0 Å². The van der Waals surface area contributed by atoms with Gasteiger partial charge in [0.2, 0.25) is 11.8 Å². The summed E-state index contributed by atoms with van der Waals surface area (Å²) in [5.74, 6) is -1.56. The number of hydrogen-bond acceptors (Lipinski definition) is 3. The highest BCUT2D eigenvalue weighted by molar-refractivity contribution is 5.96. The van der Waals surface area contributed by atoms with E-state index in [0.717, 1.165) is 30.5 Å². The number of amides is 2. The second-order valence-electron chi connectivity index (χ2n) is 7.08. The lowest BCUT2D eigenvalue weighted by atomic mass is 9.81. The average Bonchev–Trinajstić information content (AvgIpc) is 2.60. The summed E-state index contributed by atoms with van der Waals surface area (Å²) in [5, 5.41) is 15.1. The molecule has 0 aromatic heterocycles. The van der Waals surface area contributed by atoms with Crippen LogP contribution < -0.4 is 10.6 Å². The summed E-state index contributed by atoms with van der Waals surface area (Å²) >= 11 is 0. The zero-order valence-electron chi connectivity index (χ0n) is 14.2. The third kappa shape index (κ3) is 3.83. The van der Waals surface area contributed by atoms with Crippen LogP contribution in [0, 0.1) is 5.92 Å². The van der Waals surface area contributed by atoms with Gasteiger partial charge < -0.3 is 15.7 Å². The number of rotatable bonds is 5. The molecule has 1 aromatic carbocycles. The molecule has 25 heavy (non-hydrogen) atoms. The van der Waals surface area contributed by atoms with Crippen molar-refractivity contribution < 1.29 is 19.5 Å². The van der Waals surface area contributed by atoms with Gasteiger partial charge in [0.1, 0.15) is 5.54 Å². The predicted molar refractivity (Wildman–Crippen MR) is 93.1 cm³/mol. The van der Waals surface area contributed by atoms with Gasteiger partial charge in [-0.05, 0) is 37.3 Å². The van der Waals surface area contributed by atoms with Gasteiger partial charge in [0.05, 0.1) is 0 Å². The van der Waals surface area contributed by atoms with Gasteiger partial charge in [0.15, 0.2) is 0 Å². The molecule has 1 aromatic rings. The first kappa shape index (κ1) is 17.5. The number of fused-ring (bicyclic) bond motifs is 1. The zero-order valence-corrected chi connectivity index (χ0v) is 14.2. The second-order valence-corrected chi connectivity index (χ2v) is 7.08. The van der Waals surface area contributed by atoms with Gasteiger partial charge in [-0.2, -0.15) is 0 Å². The number of hydrogen-bond donors (Lipinski definition) is 3. The van der Waals surface area contributed by atoms with Crippen molar-refractivity contribution in [2.24, 2.45) is 5.92 Å². The smallest absolute Gasteiger partial charge is 0.329 e. The third-order valence-corrected chi connectivity index (χ3v) is 5.33. The molecule has 1 aliphatic carbocycles. The number of aliphatic carboxylic acids is 1. The van der Waals surface area contributed by atoms with Crippen LogP contribution in [0.15, 0.2) is 24.3 Å². The molecule has 0 radical (unpaired) electrons. The first-order valence-corrected chi connectivity index (χ1v) is 8.93. The number of anilines is 1. The highest BCUT2D eigenvalue weighted by Gasteiger charge is 2.41. The summed E-state index contributed by atoms with van der Waals surface area (Å²) in [7, 11) is 0. The van der Waals surface area contributed by atoms with Gasteiger partial charge in [-0.1, -0.05) is 37.5 Å². The van der Waals surface area contributed by atoms with Gasteiger partial charge in [-0.15, -0.1) is 0 Å². The Morgan fingerprint density at radius 3 is 2.64 bits per heavy atom. The lowest BCUT2D eigenvalue weighted by molar-refractivity contribution is -0.149. The fraction of sp³-hybridized carbons (Fsp3) is 0.526.